The molecule has 1 aliphatic carbocycles. The quantitative estimate of drug-likeness (QED) is 0.806. The number of piperidine rings is 1. The van der Waals surface area contributed by atoms with Gasteiger partial charge in [-0.05, 0) is 31.6 Å². The van der Waals surface area contributed by atoms with Crippen LogP contribution in [0.15, 0.2) is 0 Å². The Hall–Kier alpha value is -1.10. The first-order chi connectivity index (χ1) is 11.2. The second kappa shape index (κ2) is 7.65. The lowest BCUT2D eigenvalue weighted by atomic mass is 9.96. The Labute approximate surface area is 139 Å². The Morgan fingerprint density at radius 1 is 1.04 bits per heavy atom. The van der Waals surface area contributed by atoms with Gasteiger partial charge in [-0.15, -0.1) is 0 Å². The van der Waals surface area contributed by atoms with E-state index in [0.717, 1.165) is 38.8 Å². The van der Waals surface area contributed by atoms with E-state index in [-0.39, 0.29) is 24.3 Å². The van der Waals surface area contributed by atoms with Crippen LogP contribution < -0.4 is 0 Å². The van der Waals surface area contributed by atoms with Crippen LogP contribution in [0.4, 0.5) is 0 Å². The van der Waals surface area contributed by atoms with Gasteiger partial charge in [-0.25, -0.2) is 0 Å². The Balaban J connectivity index is 1.55. The van der Waals surface area contributed by atoms with E-state index < -0.39 is 0 Å². The largest absolute Gasteiger partial charge is 0.396 e. The molecule has 0 aromatic rings. The molecule has 23 heavy (non-hydrogen) atoms. The van der Waals surface area contributed by atoms with E-state index in [0.29, 0.717) is 24.9 Å². The van der Waals surface area contributed by atoms with Gasteiger partial charge >= 0.3 is 0 Å². The Kier molecular flexibility index (Phi) is 5.57. The third-order valence-corrected chi connectivity index (χ3v) is 5.96. The molecule has 0 radical (unpaired) electrons. The third kappa shape index (κ3) is 3.87. The number of aliphatic hydroxyl groups excluding tert-OH is 1. The highest BCUT2D eigenvalue weighted by atomic mass is 16.3. The van der Waals surface area contributed by atoms with Crippen molar-refractivity contribution >= 4 is 11.8 Å². The van der Waals surface area contributed by atoms with Crippen LogP contribution >= 0.6 is 0 Å². The number of nitrogens with zero attached hydrogens (tertiary/aromatic N) is 2. The highest BCUT2D eigenvalue weighted by Crippen LogP contribution is 2.29. The summed E-state index contributed by atoms with van der Waals surface area (Å²) < 4.78 is 0. The van der Waals surface area contributed by atoms with Crippen molar-refractivity contribution in [1.82, 2.24) is 9.80 Å². The van der Waals surface area contributed by atoms with Gasteiger partial charge in [0.2, 0.25) is 11.8 Å². The van der Waals surface area contributed by atoms with Crippen molar-refractivity contribution < 1.29 is 14.7 Å². The molecule has 3 fully saturated rings. The predicted octanol–water partition coefficient (Wildman–Crippen LogP) is 1.79. The molecule has 0 spiro atoms. The van der Waals surface area contributed by atoms with Crippen LogP contribution in [0.25, 0.3) is 0 Å². The van der Waals surface area contributed by atoms with Gasteiger partial charge in [-0.3, -0.25) is 9.59 Å². The normalized spacial score (nSPS) is 28.2. The predicted molar refractivity (Wildman–Crippen MR) is 87.7 cm³/mol. The zero-order valence-electron chi connectivity index (χ0n) is 14.1. The summed E-state index contributed by atoms with van der Waals surface area (Å²) in [5, 5.41) is 9.21. The van der Waals surface area contributed by atoms with E-state index in [1.807, 2.05) is 9.80 Å². The van der Waals surface area contributed by atoms with Crippen LogP contribution in [-0.2, 0) is 9.59 Å². The number of aliphatic hydroxyl groups is 1. The fraction of sp³-hybridized carbons (Fsp3) is 0.889. The molecular weight excluding hydrogens is 292 g/mol. The molecule has 3 rings (SSSR count). The summed E-state index contributed by atoms with van der Waals surface area (Å²) in [6.45, 7) is 2.32. The smallest absolute Gasteiger partial charge is 0.227 e. The monoisotopic (exact) mass is 322 g/mol. The van der Waals surface area contributed by atoms with Crippen LogP contribution in [0.5, 0.6) is 0 Å². The Bertz CT molecular complexity index is 424. The summed E-state index contributed by atoms with van der Waals surface area (Å²) in [4.78, 5) is 29.1. The molecule has 2 heterocycles. The second-order valence-corrected chi connectivity index (χ2v) is 7.54. The molecule has 1 N–H and O–H groups in total. The van der Waals surface area contributed by atoms with Gasteiger partial charge in [0.05, 0.1) is 5.92 Å². The lowest BCUT2D eigenvalue weighted by Crippen LogP contribution is -2.43. The number of carbonyl (C=O) groups excluding carboxylic acids is 2. The molecule has 3 aliphatic rings. The summed E-state index contributed by atoms with van der Waals surface area (Å²) in [5.41, 5.74) is 0. The average molecular weight is 322 g/mol. The molecule has 2 saturated heterocycles. The van der Waals surface area contributed by atoms with Crippen LogP contribution in [-0.4, -0.2) is 59.0 Å². The van der Waals surface area contributed by atoms with Gasteiger partial charge in [0, 0.05) is 38.7 Å². The molecule has 5 nitrogen and oxygen atoms in total. The van der Waals surface area contributed by atoms with Crippen molar-refractivity contribution in [3.05, 3.63) is 0 Å². The lowest BCUT2D eigenvalue weighted by molar-refractivity contribution is -0.137. The van der Waals surface area contributed by atoms with Gasteiger partial charge < -0.3 is 14.9 Å². The van der Waals surface area contributed by atoms with E-state index in [1.54, 1.807) is 0 Å². The highest BCUT2D eigenvalue weighted by Gasteiger charge is 2.39. The molecule has 1 unspecified atom stereocenters. The third-order valence-electron chi connectivity index (χ3n) is 5.96. The number of carbonyl (C=O) groups is 2. The molecule has 0 aromatic heterocycles. The van der Waals surface area contributed by atoms with Crippen molar-refractivity contribution in [2.24, 2.45) is 11.8 Å². The van der Waals surface area contributed by atoms with E-state index in [1.165, 1.54) is 25.7 Å². The van der Waals surface area contributed by atoms with Gasteiger partial charge in [0.15, 0.2) is 0 Å². The van der Waals surface area contributed by atoms with E-state index in [4.69, 9.17) is 0 Å². The van der Waals surface area contributed by atoms with Crippen molar-refractivity contribution in [3.8, 4) is 0 Å². The molecule has 5 heteroatoms. The van der Waals surface area contributed by atoms with E-state index in [2.05, 4.69) is 0 Å². The van der Waals surface area contributed by atoms with Crippen molar-refractivity contribution in [2.45, 2.75) is 63.8 Å². The lowest BCUT2D eigenvalue weighted by Gasteiger charge is -2.33. The first kappa shape index (κ1) is 16.7. The Morgan fingerprint density at radius 2 is 1.70 bits per heavy atom. The number of hydrogen-bond donors (Lipinski definition) is 1. The zero-order chi connectivity index (χ0) is 16.2. The van der Waals surface area contributed by atoms with Crippen LogP contribution in [0.1, 0.15) is 57.8 Å². The maximum Gasteiger partial charge on any atom is 0.227 e. The van der Waals surface area contributed by atoms with Gasteiger partial charge in [0.25, 0.3) is 0 Å². The molecule has 2 amide bonds. The number of rotatable bonds is 3. The summed E-state index contributed by atoms with van der Waals surface area (Å²) in [5.74, 6) is 0.537. The first-order valence-electron chi connectivity index (χ1n) is 9.38. The van der Waals surface area contributed by atoms with Crippen molar-refractivity contribution in [1.29, 1.82) is 0 Å². The van der Waals surface area contributed by atoms with Crippen LogP contribution in [0.2, 0.25) is 0 Å². The van der Waals surface area contributed by atoms with Crippen molar-refractivity contribution in [2.75, 3.05) is 26.2 Å². The number of likely N-dealkylation sites (tertiary alicyclic amines) is 2. The minimum atomic E-state index is -0.142. The maximum atomic E-state index is 12.7. The molecule has 0 bridgehead atoms. The fourth-order valence-electron chi connectivity index (χ4n) is 4.41. The first-order valence-corrected chi connectivity index (χ1v) is 9.38. The standard InChI is InChI=1S/C18H30N2O3/c21-13-14-7-9-19(10-8-14)18(23)15-11-17(22)20(12-15)16-5-3-1-2-4-6-16/h14-16,21H,1-13H2. The Morgan fingerprint density at radius 3 is 2.30 bits per heavy atom. The summed E-state index contributed by atoms with van der Waals surface area (Å²) in [6, 6.07) is 0.364. The maximum absolute atomic E-state index is 12.7. The fourth-order valence-corrected chi connectivity index (χ4v) is 4.41. The molecule has 2 aliphatic heterocycles. The average Bonchev–Trinajstić information content (AvgIpc) is 2.79. The van der Waals surface area contributed by atoms with Gasteiger partial charge in [0.1, 0.15) is 0 Å². The molecule has 130 valence electrons. The SMILES string of the molecule is O=C(C1CC(=O)N(C2CCCCCC2)C1)N1CCC(CO)CC1. The van der Waals surface area contributed by atoms with Crippen LogP contribution in [0.3, 0.4) is 0 Å². The summed E-state index contributed by atoms with van der Waals surface area (Å²) in [6.07, 6.45) is 9.35. The summed E-state index contributed by atoms with van der Waals surface area (Å²) >= 11 is 0. The second-order valence-electron chi connectivity index (χ2n) is 7.54. The highest BCUT2D eigenvalue weighted by molar-refractivity contribution is 5.89. The molecule has 1 saturated carbocycles. The topological polar surface area (TPSA) is 60.9 Å². The molecule has 1 atom stereocenters. The van der Waals surface area contributed by atoms with E-state index in [9.17, 15) is 14.7 Å². The van der Waals surface area contributed by atoms with Gasteiger partial charge in [-0.1, -0.05) is 25.7 Å². The minimum absolute atomic E-state index is 0.142. The van der Waals surface area contributed by atoms with Crippen molar-refractivity contribution in [3.63, 3.8) is 0 Å². The number of amides is 2. The zero-order valence-corrected chi connectivity index (χ0v) is 14.1. The van der Waals surface area contributed by atoms with Crippen LogP contribution in [0, 0.1) is 11.8 Å². The summed E-state index contributed by atoms with van der Waals surface area (Å²) in [7, 11) is 0. The van der Waals surface area contributed by atoms with Gasteiger partial charge in [-0.2, -0.15) is 0 Å². The number of hydrogen-bond acceptors (Lipinski definition) is 3. The molecular formula is C18H30N2O3. The van der Waals surface area contributed by atoms with E-state index >= 15 is 0 Å². The molecule has 0 aromatic carbocycles. The minimum Gasteiger partial charge on any atom is -0.396 e.